The van der Waals surface area contributed by atoms with Crippen LogP contribution in [-0.4, -0.2) is 89.3 Å². The van der Waals surface area contributed by atoms with Crippen molar-refractivity contribution in [2.75, 3.05) is 24.7 Å². The molecule has 5 amide bonds. The average molecular weight is 539 g/mol. The highest BCUT2D eigenvalue weighted by Gasteiger charge is 2.32. The van der Waals surface area contributed by atoms with E-state index in [1.165, 1.54) is 26.1 Å². The minimum absolute atomic E-state index is 0.0535. The molecule has 0 spiro atoms. The molecule has 37 heavy (non-hydrogen) atoms. The van der Waals surface area contributed by atoms with Gasteiger partial charge in [0.15, 0.2) is 0 Å². The summed E-state index contributed by atoms with van der Waals surface area (Å²) in [7, 11) is 1.47. The average Bonchev–Trinajstić information content (AvgIpc) is 2.84. The highest BCUT2D eigenvalue weighted by Crippen LogP contribution is 2.34. The Morgan fingerprint density at radius 3 is 2.27 bits per heavy atom. The Labute approximate surface area is 216 Å². The van der Waals surface area contributed by atoms with Gasteiger partial charge in [-0.25, -0.2) is 0 Å². The fraction of sp³-hybridized carbons (Fsp3) is 0.455. The molecule has 0 aromatic heterocycles. The van der Waals surface area contributed by atoms with Crippen LogP contribution in [0.4, 0.5) is 5.69 Å². The van der Waals surface area contributed by atoms with E-state index in [9.17, 15) is 39.0 Å². The number of thioether (sulfide) groups is 1. The first kappa shape index (κ1) is 29.5. The van der Waals surface area contributed by atoms with Gasteiger partial charge in [0.05, 0.1) is 19.1 Å². The molecule has 1 aromatic carbocycles. The number of likely N-dealkylation sites (N-methyl/N-ethyl adjacent to an activating group) is 1. The van der Waals surface area contributed by atoms with Crippen LogP contribution in [0.5, 0.6) is 0 Å². The first-order valence-corrected chi connectivity index (χ1v) is 12.2. The summed E-state index contributed by atoms with van der Waals surface area (Å²) < 4.78 is 0. The Balaban J connectivity index is 2.52. The third kappa shape index (κ3) is 8.16. The highest BCUT2D eigenvalue weighted by atomic mass is 32.2. The minimum Gasteiger partial charge on any atom is -0.480 e. The Morgan fingerprint density at radius 1 is 1.03 bits per heavy atom. The lowest BCUT2D eigenvalue weighted by Gasteiger charge is -2.23. The fourth-order valence-electron chi connectivity index (χ4n) is 3.39. The number of amides is 5. The molecule has 0 fully saturated rings. The molecule has 0 bridgehead atoms. The maximum atomic E-state index is 13.0. The van der Waals surface area contributed by atoms with E-state index in [-0.39, 0.29) is 17.0 Å². The van der Waals surface area contributed by atoms with Gasteiger partial charge in [-0.3, -0.25) is 28.8 Å². The fourth-order valence-corrected chi connectivity index (χ4v) is 4.62. The number of nitrogens with two attached hydrogens (primary N) is 1. The van der Waals surface area contributed by atoms with Crippen LogP contribution >= 0.6 is 11.8 Å². The number of hydrogen-bond donors (Lipinski definition) is 8. The number of aliphatic hydroxyl groups is 1. The lowest BCUT2D eigenvalue weighted by molar-refractivity contribution is -0.136. The van der Waals surface area contributed by atoms with Crippen molar-refractivity contribution in [3.05, 3.63) is 29.8 Å². The summed E-state index contributed by atoms with van der Waals surface area (Å²) in [5, 5.41) is 30.6. The Kier molecular flexibility index (Phi) is 10.8. The number of fused-ring (bicyclic) bond motifs is 1. The van der Waals surface area contributed by atoms with Crippen LogP contribution in [-0.2, 0) is 28.8 Å². The molecular formula is C22H30N6O8S. The van der Waals surface area contributed by atoms with Crippen molar-refractivity contribution in [1.82, 2.24) is 21.3 Å². The number of hydrogen-bond acceptors (Lipinski definition) is 9. The zero-order valence-electron chi connectivity index (χ0n) is 20.1. The molecule has 14 nitrogen and oxygen atoms in total. The van der Waals surface area contributed by atoms with E-state index in [0.29, 0.717) is 0 Å². The Morgan fingerprint density at radius 2 is 1.68 bits per heavy atom. The summed E-state index contributed by atoms with van der Waals surface area (Å²) in [4.78, 5) is 74.8. The number of primary amides is 1. The second-order valence-corrected chi connectivity index (χ2v) is 9.31. The number of nitrogens with one attached hydrogen (secondary N) is 5. The minimum atomic E-state index is -1.44. The maximum Gasteiger partial charge on any atom is 0.321 e. The predicted molar refractivity (Wildman–Crippen MR) is 133 cm³/mol. The molecule has 5 atom stereocenters. The van der Waals surface area contributed by atoms with Crippen molar-refractivity contribution in [3.8, 4) is 0 Å². The van der Waals surface area contributed by atoms with Gasteiger partial charge in [0.2, 0.25) is 29.5 Å². The van der Waals surface area contributed by atoms with Gasteiger partial charge in [0.25, 0.3) is 0 Å². The maximum absolute atomic E-state index is 13.0. The van der Waals surface area contributed by atoms with Gasteiger partial charge in [0, 0.05) is 11.4 Å². The monoisotopic (exact) mass is 538 g/mol. The zero-order valence-corrected chi connectivity index (χ0v) is 21.0. The van der Waals surface area contributed by atoms with E-state index < -0.39 is 78.0 Å². The summed E-state index contributed by atoms with van der Waals surface area (Å²) in [6, 6.07) is 1.04. The second kappa shape index (κ2) is 13.6. The number of rotatable bonds is 5. The van der Waals surface area contributed by atoms with Crippen molar-refractivity contribution < 1.29 is 39.0 Å². The standard InChI is InChI=1S/C22H30N6O8S/c1-10-18(31)27-13(7-16(23)30)19(32)26-12-6-4-3-5-11(12)17(22(35)36)37-9-15(24-2)21(34)28-14(8-29)20(33)25-10/h3-6,10,13-15,17,24,29H,7-9H2,1-2H3,(H2,23,30)(H,25,33)(H,26,32)(H,27,31)(H,28,34)(H,35,36). The lowest BCUT2D eigenvalue weighted by Crippen LogP contribution is -2.58. The van der Waals surface area contributed by atoms with Crippen molar-refractivity contribution in [3.63, 3.8) is 0 Å². The van der Waals surface area contributed by atoms with E-state index in [2.05, 4.69) is 26.6 Å². The number of para-hydroxylation sites is 1. The van der Waals surface area contributed by atoms with Crippen LogP contribution in [0.25, 0.3) is 0 Å². The molecule has 9 N–H and O–H groups in total. The van der Waals surface area contributed by atoms with E-state index in [1.54, 1.807) is 12.1 Å². The van der Waals surface area contributed by atoms with Crippen LogP contribution in [0.1, 0.15) is 24.2 Å². The topological polar surface area (TPSA) is 229 Å². The summed E-state index contributed by atoms with van der Waals surface area (Å²) in [6.07, 6.45) is -0.573. The van der Waals surface area contributed by atoms with E-state index in [0.717, 1.165) is 11.8 Å². The SMILES string of the molecule is CNC1CSC(C(=O)O)c2ccccc2NC(=O)C(CC(N)=O)NC(=O)C(C)NC(=O)C(CO)NC1=O. The molecule has 1 heterocycles. The normalized spacial score (nSPS) is 26.0. The molecule has 5 unspecified atom stereocenters. The number of benzene rings is 1. The summed E-state index contributed by atoms with van der Waals surface area (Å²) >= 11 is 0.891. The number of aliphatic hydroxyl groups excluding tert-OH is 1. The van der Waals surface area contributed by atoms with Crippen molar-refractivity contribution in [2.24, 2.45) is 5.73 Å². The van der Waals surface area contributed by atoms with Crippen LogP contribution < -0.4 is 32.3 Å². The number of anilines is 1. The van der Waals surface area contributed by atoms with Gasteiger partial charge in [-0.2, -0.15) is 0 Å². The number of carbonyl (C=O) groups excluding carboxylic acids is 5. The van der Waals surface area contributed by atoms with Crippen LogP contribution in [0.15, 0.2) is 24.3 Å². The molecule has 1 aliphatic heterocycles. The molecule has 202 valence electrons. The largest absolute Gasteiger partial charge is 0.480 e. The van der Waals surface area contributed by atoms with Gasteiger partial charge >= 0.3 is 5.97 Å². The number of carboxylic acid groups (broad SMARTS) is 1. The van der Waals surface area contributed by atoms with E-state index in [1.807, 2.05) is 0 Å². The van der Waals surface area contributed by atoms with E-state index >= 15 is 0 Å². The molecular weight excluding hydrogens is 508 g/mol. The summed E-state index contributed by atoms with van der Waals surface area (Å²) in [5.74, 6) is -5.44. The third-order valence-electron chi connectivity index (χ3n) is 5.43. The Hall–Kier alpha value is -3.69. The quantitative estimate of drug-likeness (QED) is 0.195. The van der Waals surface area contributed by atoms with Crippen molar-refractivity contribution >= 4 is 53.0 Å². The molecule has 0 aliphatic carbocycles. The molecule has 1 aliphatic rings. The number of carboxylic acids is 1. The number of carbonyl (C=O) groups is 6. The van der Waals surface area contributed by atoms with Gasteiger partial charge < -0.3 is 42.5 Å². The first-order chi connectivity index (χ1) is 17.5. The van der Waals surface area contributed by atoms with Gasteiger partial charge in [-0.05, 0) is 25.6 Å². The zero-order chi connectivity index (χ0) is 27.7. The smallest absolute Gasteiger partial charge is 0.321 e. The molecule has 0 saturated heterocycles. The van der Waals surface area contributed by atoms with Gasteiger partial charge in [0.1, 0.15) is 23.4 Å². The third-order valence-corrected chi connectivity index (χ3v) is 6.74. The molecule has 15 heteroatoms. The Bertz CT molecular complexity index is 1050. The second-order valence-electron chi connectivity index (χ2n) is 8.18. The lowest BCUT2D eigenvalue weighted by atomic mass is 10.1. The summed E-state index contributed by atoms with van der Waals surface area (Å²) in [5.41, 5.74) is 5.56. The van der Waals surface area contributed by atoms with Crippen LogP contribution in [0, 0.1) is 0 Å². The first-order valence-electron chi connectivity index (χ1n) is 11.2. The molecule has 0 radical (unpaired) electrons. The predicted octanol–water partition coefficient (Wildman–Crippen LogP) is -2.57. The highest BCUT2D eigenvalue weighted by molar-refractivity contribution is 8.00. The van der Waals surface area contributed by atoms with E-state index in [4.69, 9.17) is 5.73 Å². The van der Waals surface area contributed by atoms with Crippen molar-refractivity contribution in [2.45, 2.75) is 42.8 Å². The summed E-state index contributed by atoms with van der Waals surface area (Å²) in [6.45, 7) is 0.518. The van der Waals surface area contributed by atoms with Gasteiger partial charge in [-0.1, -0.05) is 18.2 Å². The van der Waals surface area contributed by atoms with Crippen LogP contribution in [0.2, 0.25) is 0 Å². The number of aliphatic carboxylic acids is 1. The molecule has 0 saturated carbocycles. The molecule has 2 rings (SSSR count). The van der Waals surface area contributed by atoms with Crippen molar-refractivity contribution in [1.29, 1.82) is 0 Å². The molecule has 1 aromatic rings. The van der Waals surface area contributed by atoms with Gasteiger partial charge in [-0.15, -0.1) is 11.8 Å². The van der Waals surface area contributed by atoms with Crippen LogP contribution in [0.3, 0.4) is 0 Å².